The molecule has 1 fully saturated rings. The summed E-state index contributed by atoms with van der Waals surface area (Å²) in [7, 11) is 0. The van der Waals surface area contributed by atoms with E-state index >= 15 is 0 Å². The van der Waals surface area contributed by atoms with Gasteiger partial charge in [0.2, 0.25) is 0 Å². The van der Waals surface area contributed by atoms with Crippen LogP contribution >= 0.6 is 0 Å². The van der Waals surface area contributed by atoms with Crippen LogP contribution in [0.5, 0.6) is 0 Å². The largest absolute Gasteiger partial charge is 0.391 e. The summed E-state index contributed by atoms with van der Waals surface area (Å²) in [6.45, 7) is 0. The Hall–Kier alpha value is -1.86. The highest BCUT2D eigenvalue weighted by Gasteiger charge is 2.41. The molecule has 0 unspecified atom stereocenters. The molecule has 2 N–H and O–H groups in total. The first-order valence-corrected chi connectivity index (χ1v) is 6.85. The monoisotopic (exact) mass is 322 g/mol. The van der Waals surface area contributed by atoms with Crippen molar-refractivity contribution < 1.29 is 26.7 Å². The fourth-order valence-corrected chi connectivity index (χ4v) is 2.49. The molecule has 0 aliphatic heterocycles. The normalized spacial score (nSPS) is 22.2. The van der Waals surface area contributed by atoms with E-state index in [-0.39, 0.29) is 37.4 Å². The van der Waals surface area contributed by atoms with E-state index in [4.69, 9.17) is 0 Å². The lowest BCUT2D eigenvalue weighted by Gasteiger charge is -2.30. The summed E-state index contributed by atoms with van der Waals surface area (Å²) >= 11 is 0. The van der Waals surface area contributed by atoms with Crippen LogP contribution in [0.15, 0.2) is 18.2 Å². The maximum absolute atomic E-state index is 13.0. The van der Waals surface area contributed by atoms with E-state index in [2.05, 4.69) is 10.6 Å². The number of amides is 2. The Balaban J connectivity index is 1.82. The predicted molar refractivity (Wildman–Crippen MR) is 70.3 cm³/mol. The van der Waals surface area contributed by atoms with Gasteiger partial charge >= 0.3 is 12.2 Å². The number of hydrogen-bond donors (Lipinski definition) is 2. The van der Waals surface area contributed by atoms with Crippen molar-refractivity contribution in [3.8, 4) is 0 Å². The van der Waals surface area contributed by atoms with E-state index in [0.29, 0.717) is 0 Å². The lowest BCUT2D eigenvalue weighted by molar-refractivity contribution is -0.182. The van der Waals surface area contributed by atoms with Gasteiger partial charge in [-0.05, 0) is 37.8 Å². The second-order valence-corrected chi connectivity index (χ2v) is 5.32. The second-order valence-electron chi connectivity index (χ2n) is 5.32. The van der Waals surface area contributed by atoms with Gasteiger partial charge in [-0.2, -0.15) is 13.2 Å². The van der Waals surface area contributed by atoms with Gasteiger partial charge < -0.3 is 10.6 Å². The minimum Gasteiger partial charge on any atom is -0.335 e. The van der Waals surface area contributed by atoms with Gasteiger partial charge in [-0.15, -0.1) is 0 Å². The Bertz CT molecular complexity index is 539. The Morgan fingerprint density at radius 1 is 1.05 bits per heavy atom. The fourth-order valence-electron chi connectivity index (χ4n) is 2.49. The van der Waals surface area contributed by atoms with Crippen molar-refractivity contribution >= 4 is 11.7 Å². The van der Waals surface area contributed by atoms with E-state index in [0.717, 1.165) is 12.1 Å². The quantitative estimate of drug-likeness (QED) is 0.787. The average molecular weight is 322 g/mol. The van der Waals surface area contributed by atoms with E-state index in [1.54, 1.807) is 0 Å². The molecule has 0 aromatic heterocycles. The van der Waals surface area contributed by atoms with Crippen LogP contribution < -0.4 is 10.6 Å². The minimum absolute atomic E-state index is 0.0282. The Morgan fingerprint density at radius 2 is 1.68 bits per heavy atom. The van der Waals surface area contributed by atoms with Crippen LogP contribution in [0, 0.1) is 17.6 Å². The molecule has 2 rings (SSSR count). The average Bonchev–Trinajstić information content (AvgIpc) is 2.42. The number of carbonyl (C=O) groups is 1. The van der Waals surface area contributed by atoms with E-state index in [1.165, 1.54) is 6.07 Å². The van der Waals surface area contributed by atoms with Crippen LogP contribution in [0.25, 0.3) is 0 Å². The zero-order chi connectivity index (χ0) is 16.3. The maximum atomic E-state index is 13.0. The summed E-state index contributed by atoms with van der Waals surface area (Å²) in [4.78, 5) is 11.7. The van der Waals surface area contributed by atoms with Crippen LogP contribution in [0.1, 0.15) is 25.7 Å². The zero-order valence-electron chi connectivity index (χ0n) is 11.5. The van der Waals surface area contributed by atoms with Crippen LogP contribution in [-0.2, 0) is 0 Å². The first-order chi connectivity index (χ1) is 10.3. The SMILES string of the molecule is O=C(Nc1ccc(F)c(F)c1)NC1CCC(C(F)(F)F)CC1. The first-order valence-electron chi connectivity index (χ1n) is 6.85. The molecule has 1 aliphatic rings. The van der Waals surface area contributed by atoms with Gasteiger partial charge in [-0.1, -0.05) is 0 Å². The lowest BCUT2D eigenvalue weighted by atomic mass is 9.86. The molecule has 22 heavy (non-hydrogen) atoms. The maximum Gasteiger partial charge on any atom is 0.391 e. The number of benzene rings is 1. The molecule has 1 saturated carbocycles. The number of carbonyl (C=O) groups excluding carboxylic acids is 1. The molecule has 0 spiro atoms. The van der Waals surface area contributed by atoms with E-state index < -0.39 is 29.8 Å². The smallest absolute Gasteiger partial charge is 0.335 e. The third-order valence-corrected chi connectivity index (χ3v) is 3.70. The zero-order valence-corrected chi connectivity index (χ0v) is 11.5. The molecule has 1 aromatic carbocycles. The van der Waals surface area contributed by atoms with Crippen molar-refractivity contribution in [3.63, 3.8) is 0 Å². The molecule has 2 amide bonds. The standard InChI is InChI=1S/C14H15F5N2O/c15-11-6-5-10(7-12(11)16)21-13(22)20-9-3-1-8(2-4-9)14(17,18)19/h5-9H,1-4H2,(H2,20,21,22). The molecule has 0 radical (unpaired) electrons. The Kier molecular flexibility index (Phi) is 4.87. The van der Waals surface area contributed by atoms with Crippen molar-refractivity contribution in [2.75, 3.05) is 5.32 Å². The van der Waals surface area contributed by atoms with Gasteiger partial charge in [0, 0.05) is 17.8 Å². The van der Waals surface area contributed by atoms with Crippen LogP contribution in [-0.4, -0.2) is 18.2 Å². The molecule has 3 nitrogen and oxygen atoms in total. The highest BCUT2D eigenvalue weighted by molar-refractivity contribution is 5.89. The number of anilines is 1. The Labute approximate surface area is 123 Å². The molecular weight excluding hydrogens is 307 g/mol. The molecule has 0 bridgehead atoms. The van der Waals surface area contributed by atoms with Crippen molar-refractivity contribution in [2.45, 2.75) is 37.9 Å². The van der Waals surface area contributed by atoms with Gasteiger partial charge in [0.25, 0.3) is 0 Å². The van der Waals surface area contributed by atoms with Crippen molar-refractivity contribution in [1.29, 1.82) is 0 Å². The molecule has 0 saturated heterocycles. The first kappa shape index (κ1) is 16.5. The van der Waals surface area contributed by atoms with Crippen LogP contribution in [0.2, 0.25) is 0 Å². The summed E-state index contributed by atoms with van der Waals surface area (Å²) in [5.41, 5.74) is 0.0698. The molecule has 1 aliphatic carbocycles. The van der Waals surface area contributed by atoms with Gasteiger partial charge in [0.05, 0.1) is 5.92 Å². The van der Waals surface area contributed by atoms with Gasteiger partial charge in [-0.25, -0.2) is 13.6 Å². The highest BCUT2D eigenvalue weighted by atomic mass is 19.4. The number of rotatable bonds is 2. The topological polar surface area (TPSA) is 41.1 Å². The predicted octanol–water partition coefficient (Wildman–Crippen LogP) is 4.21. The van der Waals surface area contributed by atoms with Crippen LogP contribution in [0.4, 0.5) is 32.4 Å². The molecule has 0 heterocycles. The van der Waals surface area contributed by atoms with Crippen molar-refractivity contribution in [2.24, 2.45) is 5.92 Å². The van der Waals surface area contributed by atoms with Crippen molar-refractivity contribution in [1.82, 2.24) is 5.32 Å². The van der Waals surface area contributed by atoms with Crippen LogP contribution in [0.3, 0.4) is 0 Å². The third-order valence-electron chi connectivity index (χ3n) is 3.70. The van der Waals surface area contributed by atoms with E-state index in [9.17, 15) is 26.7 Å². The number of nitrogens with one attached hydrogen (secondary N) is 2. The minimum atomic E-state index is -4.20. The van der Waals surface area contributed by atoms with Crippen molar-refractivity contribution in [3.05, 3.63) is 29.8 Å². The Morgan fingerprint density at radius 3 is 2.23 bits per heavy atom. The fraction of sp³-hybridized carbons (Fsp3) is 0.500. The number of urea groups is 1. The molecule has 122 valence electrons. The lowest BCUT2D eigenvalue weighted by Crippen LogP contribution is -2.41. The number of alkyl halides is 3. The second kappa shape index (κ2) is 6.50. The molecule has 8 heteroatoms. The van der Waals surface area contributed by atoms with E-state index in [1.807, 2.05) is 0 Å². The summed E-state index contributed by atoms with van der Waals surface area (Å²) in [6, 6.07) is 1.89. The summed E-state index contributed by atoms with van der Waals surface area (Å²) in [5.74, 6) is -3.44. The number of hydrogen-bond acceptors (Lipinski definition) is 1. The summed E-state index contributed by atoms with van der Waals surface area (Å²) in [5, 5.41) is 4.86. The van der Waals surface area contributed by atoms with Gasteiger partial charge in [0.15, 0.2) is 11.6 Å². The summed E-state index contributed by atoms with van der Waals surface area (Å²) < 4.78 is 63.3. The third kappa shape index (κ3) is 4.32. The van der Waals surface area contributed by atoms with Gasteiger partial charge in [0.1, 0.15) is 0 Å². The summed E-state index contributed by atoms with van der Waals surface area (Å²) in [6.07, 6.45) is -3.79. The van der Waals surface area contributed by atoms with Gasteiger partial charge in [-0.3, -0.25) is 0 Å². The highest BCUT2D eigenvalue weighted by Crippen LogP contribution is 2.37. The number of halogens is 5. The molecule has 1 aromatic rings. The molecule has 0 atom stereocenters. The molecular formula is C14H15F5N2O.